The van der Waals surface area contributed by atoms with Crippen LogP contribution in [0.5, 0.6) is 0 Å². The first-order valence-corrected chi connectivity index (χ1v) is 6.39. The molecule has 18 heavy (non-hydrogen) atoms. The van der Waals surface area contributed by atoms with E-state index in [4.69, 9.17) is 5.11 Å². The predicted molar refractivity (Wildman–Crippen MR) is 61.6 cm³/mol. The van der Waals surface area contributed by atoms with Gasteiger partial charge < -0.3 is 41.6 Å². The number of rotatable bonds is 1. The van der Waals surface area contributed by atoms with Gasteiger partial charge in [0.15, 0.2) is 0 Å². The molecule has 2 aliphatic carbocycles. The van der Waals surface area contributed by atoms with Gasteiger partial charge in [0.25, 0.3) is 0 Å². The van der Waals surface area contributed by atoms with Gasteiger partial charge in [0, 0.05) is 16.1 Å². The van der Waals surface area contributed by atoms with Crippen molar-refractivity contribution in [3.05, 3.63) is 52.8 Å². The fourth-order valence-electron chi connectivity index (χ4n) is 1.60. The molecule has 0 amide bonds. The van der Waals surface area contributed by atoms with Crippen LogP contribution in [0.1, 0.15) is 6.42 Å². The Morgan fingerprint density at radius 2 is 2.00 bits per heavy atom. The predicted octanol–water partition coefficient (Wildman–Crippen LogP) is -5.60. The summed E-state index contributed by atoms with van der Waals surface area (Å²) < 4.78 is 0. The zero-order chi connectivity index (χ0) is 10.8. The molecule has 3 rings (SSSR count). The quantitative estimate of drug-likeness (QED) is 0.365. The number of ketones is 1. The van der Waals surface area contributed by atoms with Gasteiger partial charge in [-0.1, -0.05) is 5.57 Å². The largest absolute Gasteiger partial charge is 4.00 e. The molecule has 1 N–H and O–H groups in total. The van der Waals surface area contributed by atoms with Crippen LogP contribution in [0.4, 0.5) is 0 Å². The van der Waals surface area contributed by atoms with Crippen LogP contribution in [0, 0.1) is 13.0 Å². The summed E-state index contributed by atoms with van der Waals surface area (Å²) in [5.41, 5.74) is 2.00. The summed E-state index contributed by atoms with van der Waals surface area (Å²) in [5, 5.41) is 10.6. The van der Waals surface area contributed by atoms with Gasteiger partial charge in [-0.2, -0.15) is 16.8 Å². The van der Waals surface area contributed by atoms with Crippen molar-refractivity contribution in [1.82, 2.24) is 0 Å². The third kappa shape index (κ3) is 4.43. The molecule has 1 heterocycles. The van der Waals surface area contributed by atoms with Crippen molar-refractivity contribution >= 4 is 15.3 Å². The molecule has 1 saturated heterocycles. The number of hydrogen-bond acceptors (Lipinski definition) is 2. The van der Waals surface area contributed by atoms with Crippen molar-refractivity contribution in [2.75, 3.05) is 6.61 Å². The summed E-state index contributed by atoms with van der Waals surface area (Å²) >= 11 is 0. The zero-order valence-corrected chi connectivity index (χ0v) is 15.1. The molecule has 94 valence electrons. The van der Waals surface area contributed by atoms with Gasteiger partial charge in [-0.15, -0.1) is 23.8 Å². The number of hydrogen-bond donors (Lipinski definition) is 1. The van der Waals surface area contributed by atoms with Crippen LogP contribution >= 0.6 is 0 Å². The summed E-state index contributed by atoms with van der Waals surface area (Å²) in [7, 11) is -0.116. The molecule has 6 heteroatoms. The van der Waals surface area contributed by atoms with E-state index in [0.717, 1.165) is 11.1 Å². The Bertz CT molecular complexity index is 437. The van der Waals surface area contributed by atoms with E-state index in [9.17, 15) is 4.79 Å². The molecule has 0 bridgehead atoms. The Morgan fingerprint density at radius 3 is 2.50 bits per heavy atom. The van der Waals surface area contributed by atoms with Gasteiger partial charge in [0.2, 0.25) is 0 Å². The summed E-state index contributed by atoms with van der Waals surface area (Å²) in [5.74, 6) is 0.185. The normalized spacial score (nSPS) is 18.0. The number of allylic oxidation sites excluding steroid dienone is 8. The van der Waals surface area contributed by atoms with Crippen molar-refractivity contribution < 1.29 is 60.9 Å². The second kappa shape index (κ2) is 9.22. The van der Waals surface area contributed by atoms with Crippen LogP contribution in [0.25, 0.3) is 0 Å². The van der Waals surface area contributed by atoms with Crippen LogP contribution in [0.15, 0.2) is 39.8 Å². The standard InChI is InChI=1S/C9H5OSi.C3H7O.2ClH.Zr/c10-6-3-1-2-5-4-7-9(11-7)8(5)6;1-2-3-4;;;/h1-3H,11H2;4H,1-3H2;2*1H;/q2*-1;;;+4/p-2. The molecule has 0 aromatic carbocycles. The average molecular weight is 378 g/mol. The van der Waals surface area contributed by atoms with Crippen LogP contribution < -0.4 is 24.8 Å². The fourth-order valence-corrected chi connectivity index (χ4v) is 2.95. The number of aliphatic hydroxyl groups is 1. The maximum absolute atomic E-state index is 11.3. The Kier molecular flexibility index (Phi) is 10.5. The third-order valence-electron chi connectivity index (χ3n) is 2.36. The van der Waals surface area contributed by atoms with Crippen LogP contribution in [0.2, 0.25) is 0 Å². The van der Waals surface area contributed by atoms with Gasteiger partial charge in [-0.25, -0.2) is 0 Å². The van der Waals surface area contributed by atoms with Crippen LogP contribution in [0.3, 0.4) is 0 Å². The summed E-state index contributed by atoms with van der Waals surface area (Å²) in [6.07, 6.45) is 9.30. The molecule has 0 atom stereocenters. The van der Waals surface area contributed by atoms with Gasteiger partial charge >= 0.3 is 26.2 Å². The first kappa shape index (κ1) is 20.6. The van der Waals surface area contributed by atoms with Crippen molar-refractivity contribution in [1.29, 1.82) is 0 Å². The molecule has 0 aromatic heterocycles. The Labute approximate surface area is 141 Å². The van der Waals surface area contributed by atoms with Crippen molar-refractivity contribution in [3.8, 4) is 0 Å². The topological polar surface area (TPSA) is 37.3 Å². The van der Waals surface area contributed by atoms with Crippen LogP contribution in [-0.2, 0) is 31.0 Å². The third-order valence-corrected chi connectivity index (χ3v) is 3.96. The number of carbonyl (C=O) groups excluding carboxylic acids is 1. The minimum Gasteiger partial charge on any atom is -1.00 e. The van der Waals surface area contributed by atoms with Gasteiger partial charge in [0.05, 0.1) is 0 Å². The summed E-state index contributed by atoms with van der Waals surface area (Å²) in [6, 6.07) is 0. The molecule has 0 spiro atoms. The molecular weight excluding hydrogens is 366 g/mol. The van der Waals surface area contributed by atoms with E-state index >= 15 is 0 Å². The monoisotopic (exact) mass is 376 g/mol. The smallest absolute Gasteiger partial charge is 1.00 e. The van der Waals surface area contributed by atoms with E-state index in [2.05, 4.69) is 13.0 Å². The number of halogens is 2. The van der Waals surface area contributed by atoms with E-state index in [1.165, 1.54) is 10.4 Å². The van der Waals surface area contributed by atoms with Crippen molar-refractivity contribution in [2.45, 2.75) is 6.42 Å². The molecule has 0 radical (unpaired) electrons. The molecule has 0 saturated carbocycles. The molecule has 0 aromatic rings. The molecule has 2 nitrogen and oxygen atoms in total. The minimum absolute atomic E-state index is 0. The maximum Gasteiger partial charge on any atom is 4.00 e. The van der Waals surface area contributed by atoms with E-state index < -0.39 is 0 Å². The first-order valence-electron chi connectivity index (χ1n) is 4.97. The Hall–Kier alpha value is 0.270. The van der Waals surface area contributed by atoms with Crippen molar-refractivity contribution in [2.24, 2.45) is 0 Å². The Morgan fingerprint density at radius 1 is 1.39 bits per heavy atom. The number of carbonyl (C=O) groups is 1. The molecule has 1 fully saturated rings. The van der Waals surface area contributed by atoms with Gasteiger partial charge in [0.1, 0.15) is 5.78 Å². The average Bonchev–Trinajstić information content (AvgIpc) is 2.90. The van der Waals surface area contributed by atoms with Gasteiger partial charge in [-0.3, -0.25) is 0 Å². The summed E-state index contributed by atoms with van der Waals surface area (Å²) in [6.45, 7) is 3.56. The van der Waals surface area contributed by atoms with E-state index in [0.29, 0.717) is 6.42 Å². The SMILES string of the molecule is O=C1C=CC=C2[C-]=C3[SiH2]C3=C12.[CH2-]CCO.[Cl-].[Cl-].[Zr+4]. The van der Waals surface area contributed by atoms with E-state index in [1.807, 2.05) is 12.2 Å². The van der Waals surface area contributed by atoms with E-state index in [-0.39, 0.29) is 72.9 Å². The minimum atomic E-state index is -0.116. The molecule has 1 aliphatic heterocycles. The second-order valence-electron chi connectivity index (χ2n) is 3.51. The van der Waals surface area contributed by atoms with Crippen molar-refractivity contribution in [3.63, 3.8) is 0 Å². The Balaban J connectivity index is 0. The maximum atomic E-state index is 11.3. The molecular formula is C12H12Cl2O2SiZr. The van der Waals surface area contributed by atoms with Gasteiger partial charge in [-0.05, 0) is 6.08 Å². The van der Waals surface area contributed by atoms with E-state index in [1.54, 1.807) is 6.08 Å². The first-order chi connectivity index (χ1) is 7.27. The molecule has 0 unspecified atom stereocenters. The molecule has 3 aliphatic rings. The summed E-state index contributed by atoms with van der Waals surface area (Å²) in [4.78, 5) is 11.3. The number of aliphatic hydroxyl groups excluding tert-OH is 1. The fraction of sp³-hybridized carbons (Fsp3) is 0.167. The second-order valence-corrected chi connectivity index (χ2v) is 5.28. The zero-order valence-electron chi connectivity index (χ0n) is 9.67. The van der Waals surface area contributed by atoms with Crippen LogP contribution in [-0.4, -0.2) is 27.0 Å². The number of fused-ring (bicyclic) bond motifs is 2.